The van der Waals surface area contributed by atoms with Gasteiger partial charge in [0.2, 0.25) is 0 Å². The quantitative estimate of drug-likeness (QED) is 0.356. The van der Waals surface area contributed by atoms with Gasteiger partial charge in [0.15, 0.2) is 0 Å². The van der Waals surface area contributed by atoms with Crippen LogP contribution in [0.1, 0.15) is 49.9 Å². The summed E-state index contributed by atoms with van der Waals surface area (Å²) in [6, 6.07) is 14.2. The van der Waals surface area contributed by atoms with Crippen molar-refractivity contribution >= 4 is 17.4 Å². The normalized spacial score (nSPS) is 20.7. The first-order valence-corrected chi connectivity index (χ1v) is 12.5. The number of Topliss-reactive ketones (excluding diaryl/α,β-unsaturated/α-hetero) is 1. The zero-order valence-corrected chi connectivity index (χ0v) is 21.6. The predicted molar refractivity (Wildman–Crippen MR) is 139 cm³/mol. The first-order chi connectivity index (χ1) is 17.2. The molecule has 7 nitrogen and oxygen atoms in total. The molecule has 1 amide bonds. The van der Waals surface area contributed by atoms with Crippen LogP contribution in [-0.4, -0.2) is 73.1 Å². The molecule has 192 valence electrons. The summed E-state index contributed by atoms with van der Waals surface area (Å²) in [4.78, 5) is 30.5. The van der Waals surface area contributed by atoms with Crippen molar-refractivity contribution in [1.29, 1.82) is 0 Å². The number of methoxy groups -OCH3 is 1. The predicted octanol–water partition coefficient (Wildman–Crippen LogP) is 4.14. The molecule has 1 N–H and O–H groups in total. The summed E-state index contributed by atoms with van der Waals surface area (Å²) < 4.78 is 10.7. The van der Waals surface area contributed by atoms with Crippen molar-refractivity contribution < 1.29 is 24.2 Å². The number of rotatable bonds is 7. The number of aliphatic hydroxyl groups is 1. The molecule has 1 atom stereocenters. The van der Waals surface area contributed by atoms with Crippen molar-refractivity contribution in [1.82, 2.24) is 9.80 Å². The van der Waals surface area contributed by atoms with E-state index in [-0.39, 0.29) is 16.7 Å². The largest absolute Gasteiger partial charge is 0.507 e. The number of carbonyl (C=O) groups is 2. The Kier molecular flexibility index (Phi) is 7.81. The number of hydrogen-bond acceptors (Lipinski definition) is 6. The first kappa shape index (κ1) is 25.9. The van der Waals surface area contributed by atoms with E-state index >= 15 is 0 Å². The van der Waals surface area contributed by atoms with Crippen LogP contribution in [0.15, 0.2) is 54.1 Å². The zero-order chi connectivity index (χ0) is 25.9. The van der Waals surface area contributed by atoms with Crippen molar-refractivity contribution in [2.45, 2.75) is 38.6 Å². The van der Waals surface area contributed by atoms with E-state index in [0.29, 0.717) is 31.1 Å². The lowest BCUT2D eigenvalue weighted by molar-refractivity contribution is -0.140. The molecule has 0 bridgehead atoms. The van der Waals surface area contributed by atoms with E-state index in [1.165, 1.54) is 0 Å². The molecular weight excluding hydrogens is 456 g/mol. The summed E-state index contributed by atoms with van der Waals surface area (Å²) in [7, 11) is 1.54. The molecular formula is C29H36N2O5. The molecule has 2 aliphatic rings. The molecule has 0 radical (unpaired) electrons. The molecule has 2 aromatic rings. The Hall–Kier alpha value is -3.16. The minimum Gasteiger partial charge on any atom is -0.507 e. The van der Waals surface area contributed by atoms with Crippen LogP contribution in [0.2, 0.25) is 0 Å². The number of ether oxygens (including phenoxy) is 2. The molecule has 2 fully saturated rings. The minimum atomic E-state index is -0.661. The second-order valence-electron chi connectivity index (χ2n) is 10.4. The summed E-state index contributed by atoms with van der Waals surface area (Å²) in [5, 5.41) is 11.3. The van der Waals surface area contributed by atoms with Crippen LogP contribution in [0.4, 0.5) is 0 Å². The van der Waals surface area contributed by atoms with Crippen LogP contribution >= 0.6 is 0 Å². The van der Waals surface area contributed by atoms with E-state index in [0.717, 1.165) is 37.2 Å². The van der Waals surface area contributed by atoms with Crippen molar-refractivity contribution in [3.8, 4) is 5.75 Å². The van der Waals surface area contributed by atoms with E-state index in [2.05, 4.69) is 25.7 Å². The lowest BCUT2D eigenvalue weighted by atomic mass is 9.85. The van der Waals surface area contributed by atoms with E-state index < -0.39 is 17.7 Å². The van der Waals surface area contributed by atoms with Crippen LogP contribution in [0.25, 0.3) is 5.76 Å². The molecule has 36 heavy (non-hydrogen) atoms. The lowest BCUT2D eigenvalue weighted by Crippen LogP contribution is -2.39. The number of benzene rings is 2. The maximum absolute atomic E-state index is 13.3. The van der Waals surface area contributed by atoms with Crippen molar-refractivity contribution in [2.75, 3.05) is 46.5 Å². The molecule has 4 rings (SSSR count). The molecule has 0 saturated carbocycles. The van der Waals surface area contributed by atoms with Gasteiger partial charge in [-0.1, -0.05) is 57.2 Å². The summed E-state index contributed by atoms with van der Waals surface area (Å²) >= 11 is 0. The van der Waals surface area contributed by atoms with Gasteiger partial charge in [0.1, 0.15) is 11.5 Å². The molecule has 0 aromatic heterocycles. The zero-order valence-electron chi connectivity index (χ0n) is 21.6. The van der Waals surface area contributed by atoms with E-state index in [1.54, 1.807) is 36.3 Å². The minimum absolute atomic E-state index is 0.0287. The highest BCUT2D eigenvalue weighted by atomic mass is 16.5. The van der Waals surface area contributed by atoms with Gasteiger partial charge in [-0.25, -0.2) is 0 Å². The van der Waals surface area contributed by atoms with Crippen LogP contribution in [-0.2, 0) is 19.7 Å². The lowest BCUT2D eigenvalue weighted by Gasteiger charge is -2.29. The first-order valence-electron chi connectivity index (χ1n) is 12.5. The number of carbonyl (C=O) groups excluding carboxylic acids is 2. The van der Waals surface area contributed by atoms with Crippen molar-refractivity contribution in [3.05, 3.63) is 70.8 Å². The number of hydrogen-bond donors (Lipinski definition) is 1. The van der Waals surface area contributed by atoms with Gasteiger partial charge in [-0.2, -0.15) is 0 Å². The monoisotopic (exact) mass is 492 g/mol. The number of aliphatic hydroxyl groups excluding tert-OH is 1. The second kappa shape index (κ2) is 10.8. The SMILES string of the molecule is COc1cccc(/C(O)=C2\C(=O)C(=O)N(CCCN3CCOCC3)[C@H]2c2ccc(C(C)(C)C)cc2)c1. The van der Waals surface area contributed by atoms with Gasteiger partial charge in [0.25, 0.3) is 11.7 Å². The van der Waals surface area contributed by atoms with Gasteiger partial charge in [-0.3, -0.25) is 14.5 Å². The third kappa shape index (κ3) is 5.47. The average Bonchev–Trinajstić information content (AvgIpc) is 3.13. The number of morpholine rings is 1. The van der Waals surface area contributed by atoms with E-state index in [4.69, 9.17) is 9.47 Å². The number of likely N-dealkylation sites (tertiary alicyclic amines) is 1. The fourth-order valence-electron chi connectivity index (χ4n) is 4.84. The molecule has 7 heteroatoms. The van der Waals surface area contributed by atoms with Crippen LogP contribution < -0.4 is 4.74 Å². The summed E-state index contributed by atoms with van der Waals surface area (Å²) in [5.41, 5.74) is 2.49. The Labute approximate surface area is 213 Å². The number of nitrogens with zero attached hydrogens (tertiary/aromatic N) is 2. The van der Waals surface area contributed by atoms with Gasteiger partial charge < -0.3 is 19.5 Å². The van der Waals surface area contributed by atoms with Crippen LogP contribution in [0.5, 0.6) is 5.75 Å². The third-order valence-electron chi connectivity index (χ3n) is 6.95. The summed E-state index contributed by atoms with van der Waals surface area (Å²) in [6.07, 6.45) is 0.725. The topological polar surface area (TPSA) is 79.3 Å². The van der Waals surface area contributed by atoms with Gasteiger partial charge >= 0.3 is 0 Å². The maximum Gasteiger partial charge on any atom is 0.295 e. The molecule has 0 aliphatic carbocycles. The molecule has 2 saturated heterocycles. The Morgan fingerprint density at radius 2 is 1.75 bits per heavy atom. The molecule has 0 spiro atoms. The van der Waals surface area contributed by atoms with Gasteiger partial charge in [-0.15, -0.1) is 0 Å². The Morgan fingerprint density at radius 3 is 2.39 bits per heavy atom. The Morgan fingerprint density at radius 1 is 1.06 bits per heavy atom. The third-order valence-corrected chi connectivity index (χ3v) is 6.95. The van der Waals surface area contributed by atoms with Crippen molar-refractivity contribution in [2.24, 2.45) is 0 Å². The smallest absolute Gasteiger partial charge is 0.295 e. The fraction of sp³-hybridized carbons (Fsp3) is 0.448. The maximum atomic E-state index is 13.3. The summed E-state index contributed by atoms with van der Waals surface area (Å²) in [6.45, 7) is 10.8. The number of ketones is 1. The highest BCUT2D eigenvalue weighted by Crippen LogP contribution is 2.40. The molecule has 2 aliphatic heterocycles. The molecule has 2 heterocycles. The summed E-state index contributed by atoms with van der Waals surface area (Å²) in [5.74, 6) is -0.865. The molecule has 2 aromatic carbocycles. The Bertz CT molecular complexity index is 1130. The second-order valence-corrected chi connectivity index (χ2v) is 10.4. The van der Waals surface area contributed by atoms with E-state index in [1.807, 2.05) is 24.3 Å². The highest BCUT2D eigenvalue weighted by Gasteiger charge is 2.45. The Balaban J connectivity index is 1.70. The highest BCUT2D eigenvalue weighted by molar-refractivity contribution is 6.46. The van der Waals surface area contributed by atoms with Crippen LogP contribution in [0.3, 0.4) is 0 Å². The fourth-order valence-corrected chi connectivity index (χ4v) is 4.84. The van der Waals surface area contributed by atoms with Crippen molar-refractivity contribution in [3.63, 3.8) is 0 Å². The van der Waals surface area contributed by atoms with Crippen LogP contribution in [0, 0.1) is 0 Å². The standard InChI is InChI=1S/C29H36N2O5/c1-29(2,3)22-11-9-20(10-12-22)25-24(26(32)21-7-5-8-23(19-21)35-4)27(33)28(34)31(25)14-6-13-30-15-17-36-18-16-30/h5,7-12,19,25,32H,6,13-18H2,1-4H3/b26-24+/t25-/m0/s1. The number of amides is 1. The average molecular weight is 493 g/mol. The van der Waals surface area contributed by atoms with Gasteiger partial charge in [-0.05, 0) is 35.1 Å². The molecule has 0 unspecified atom stereocenters. The van der Waals surface area contributed by atoms with Gasteiger partial charge in [0, 0.05) is 31.7 Å². The van der Waals surface area contributed by atoms with Gasteiger partial charge in [0.05, 0.1) is 31.9 Å². The van der Waals surface area contributed by atoms with E-state index in [9.17, 15) is 14.7 Å².